The Morgan fingerprint density at radius 1 is 1.03 bits per heavy atom. The molecule has 4 rings (SSSR count). The molecule has 166 valence electrons. The first-order valence-corrected chi connectivity index (χ1v) is 10.2. The highest BCUT2D eigenvalue weighted by molar-refractivity contribution is 5.97. The van der Waals surface area contributed by atoms with Crippen molar-refractivity contribution in [3.05, 3.63) is 89.2 Å². The van der Waals surface area contributed by atoms with Crippen molar-refractivity contribution in [3.63, 3.8) is 0 Å². The monoisotopic (exact) mass is 442 g/mol. The molecule has 0 radical (unpaired) electrons. The Balaban J connectivity index is 1.39. The summed E-state index contributed by atoms with van der Waals surface area (Å²) in [5.74, 6) is 1.34. The number of carbonyl (C=O) groups excluding carboxylic acids is 2. The van der Waals surface area contributed by atoms with Crippen LogP contribution in [0.2, 0.25) is 0 Å². The maximum absolute atomic E-state index is 12.5. The molecular formula is C25H22N4O4. The number of esters is 1. The van der Waals surface area contributed by atoms with E-state index in [-0.39, 0.29) is 11.9 Å². The van der Waals surface area contributed by atoms with Gasteiger partial charge in [-0.25, -0.2) is 10.4 Å². The second kappa shape index (κ2) is 9.78. The standard InChI is InChI=1S/C25H22N4O4/c1-16(30)33-21-10-5-18(6-11-21)15-26-29-25(31)19-7-12-22-23(14-19)28-24(27-22)13-17-3-8-20(32-2)9-4-17/h3-12,14-15H,13H2,1-2H3,(H,27,28)(H,29,31)/b26-15-. The summed E-state index contributed by atoms with van der Waals surface area (Å²) >= 11 is 0. The molecule has 0 aliphatic rings. The van der Waals surface area contributed by atoms with Crippen molar-refractivity contribution in [1.82, 2.24) is 15.4 Å². The van der Waals surface area contributed by atoms with Gasteiger partial charge in [0.25, 0.3) is 5.91 Å². The lowest BCUT2D eigenvalue weighted by atomic mass is 10.1. The van der Waals surface area contributed by atoms with Gasteiger partial charge < -0.3 is 14.5 Å². The largest absolute Gasteiger partial charge is 0.497 e. The summed E-state index contributed by atoms with van der Waals surface area (Å²) in [5.41, 5.74) is 6.38. The number of ether oxygens (including phenoxy) is 2. The number of carbonyl (C=O) groups is 2. The molecule has 0 saturated carbocycles. The van der Waals surface area contributed by atoms with Gasteiger partial charge in [0.2, 0.25) is 0 Å². The van der Waals surface area contributed by atoms with E-state index in [0.717, 1.165) is 33.7 Å². The number of nitrogens with one attached hydrogen (secondary N) is 2. The first-order valence-electron chi connectivity index (χ1n) is 10.2. The van der Waals surface area contributed by atoms with E-state index in [1.165, 1.54) is 13.1 Å². The molecule has 0 saturated heterocycles. The Labute approximate surface area is 190 Å². The first kappa shape index (κ1) is 21.8. The molecule has 0 unspecified atom stereocenters. The fraction of sp³-hybridized carbons (Fsp3) is 0.120. The molecule has 0 aliphatic carbocycles. The Kier molecular flexibility index (Phi) is 6.45. The maximum atomic E-state index is 12.5. The third-order valence-corrected chi connectivity index (χ3v) is 4.85. The molecule has 8 nitrogen and oxygen atoms in total. The van der Waals surface area contributed by atoms with Crippen LogP contribution < -0.4 is 14.9 Å². The molecule has 0 bridgehead atoms. The van der Waals surface area contributed by atoms with Gasteiger partial charge in [-0.05, 0) is 65.7 Å². The van der Waals surface area contributed by atoms with Gasteiger partial charge in [0, 0.05) is 18.9 Å². The second-order valence-corrected chi connectivity index (χ2v) is 7.30. The van der Waals surface area contributed by atoms with Crippen molar-refractivity contribution in [2.24, 2.45) is 5.10 Å². The number of benzene rings is 3. The van der Waals surface area contributed by atoms with Crippen molar-refractivity contribution in [3.8, 4) is 11.5 Å². The number of imidazole rings is 1. The summed E-state index contributed by atoms with van der Waals surface area (Å²) in [4.78, 5) is 31.3. The molecular weight excluding hydrogens is 420 g/mol. The molecule has 3 aromatic carbocycles. The van der Waals surface area contributed by atoms with E-state index >= 15 is 0 Å². The SMILES string of the molecule is COc1ccc(Cc2nc3ccc(C(=O)N/N=C\c4ccc(OC(C)=O)cc4)cc3[nH]2)cc1. The zero-order chi connectivity index (χ0) is 23.2. The van der Waals surface area contributed by atoms with Crippen LogP contribution in [0.5, 0.6) is 11.5 Å². The Hall–Kier alpha value is -4.46. The highest BCUT2D eigenvalue weighted by Crippen LogP contribution is 2.18. The van der Waals surface area contributed by atoms with Gasteiger partial charge in [-0.15, -0.1) is 0 Å². The first-order chi connectivity index (χ1) is 16.0. The normalized spacial score (nSPS) is 11.0. The number of methoxy groups -OCH3 is 1. The third kappa shape index (κ3) is 5.62. The van der Waals surface area contributed by atoms with Crippen molar-refractivity contribution in [1.29, 1.82) is 0 Å². The van der Waals surface area contributed by atoms with Crippen molar-refractivity contribution in [2.75, 3.05) is 7.11 Å². The van der Waals surface area contributed by atoms with Crippen LogP contribution in [0.25, 0.3) is 11.0 Å². The van der Waals surface area contributed by atoms with Gasteiger partial charge in [-0.1, -0.05) is 12.1 Å². The van der Waals surface area contributed by atoms with E-state index in [0.29, 0.717) is 17.7 Å². The van der Waals surface area contributed by atoms with Gasteiger partial charge in [0.1, 0.15) is 17.3 Å². The molecule has 1 heterocycles. The van der Waals surface area contributed by atoms with Crippen LogP contribution in [0.15, 0.2) is 71.8 Å². The van der Waals surface area contributed by atoms with Crippen molar-refractivity contribution >= 4 is 29.1 Å². The van der Waals surface area contributed by atoms with Crippen LogP contribution >= 0.6 is 0 Å². The van der Waals surface area contributed by atoms with Crippen LogP contribution in [0.4, 0.5) is 0 Å². The van der Waals surface area contributed by atoms with Crippen LogP contribution in [0.3, 0.4) is 0 Å². The van der Waals surface area contributed by atoms with Gasteiger partial charge in [0.05, 0.1) is 24.4 Å². The molecule has 0 spiro atoms. The molecule has 1 aromatic heterocycles. The summed E-state index contributed by atoms with van der Waals surface area (Å²) in [6, 6.07) is 19.8. The van der Waals surface area contributed by atoms with Gasteiger partial charge in [-0.3, -0.25) is 9.59 Å². The zero-order valence-electron chi connectivity index (χ0n) is 18.2. The molecule has 2 N–H and O–H groups in total. The van der Waals surface area contributed by atoms with E-state index in [1.807, 2.05) is 24.3 Å². The minimum atomic E-state index is -0.384. The van der Waals surface area contributed by atoms with E-state index in [9.17, 15) is 9.59 Å². The third-order valence-electron chi connectivity index (χ3n) is 4.85. The van der Waals surface area contributed by atoms with E-state index in [2.05, 4.69) is 20.5 Å². The topological polar surface area (TPSA) is 106 Å². The summed E-state index contributed by atoms with van der Waals surface area (Å²) in [5, 5.41) is 4.00. The number of H-pyrrole nitrogens is 1. The average Bonchev–Trinajstić information content (AvgIpc) is 3.21. The molecule has 0 aliphatic heterocycles. The number of rotatable bonds is 7. The summed E-state index contributed by atoms with van der Waals surface area (Å²) in [7, 11) is 1.64. The summed E-state index contributed by atoms with van der Waals surface area (Å²) in [6.45, 7) is 1.34. The Bertz CT molecular complexity index is 1310. The molecule has 1 amide bonds. The average molecular weight is 442 g/mol. The van der Waals surface area contributed by atoms with Crippen LogP contribution in [0.1, 0.15) is 34.2 Å². The number of aromatic amines is 1. The lowest BCUT2D eigenvalue weighted by molar-refractivity contribution is -0.131. The minimum absolute atomic E-state index is 0.337. The van der Waals surface area contributed by atoms with Crippen molar-refractivity contribution < 1.29 is 19.1 Å². The Morgan fingerprint density at radius 2 is 1.76 bits per heavy atom. The lowest BCUT2D eigenvalue weighted by Gasteiger charge is -2.01. The fourth-order valence-corrected chi connectivity index (χ4v) is 3.24. The smallest absolute Gasteiger partial charge is 0.308 e. The lowest BCUT2D eigenvalue weighted by Crippen LogP contribution is -2.17. The number of hydrazone groups is 1. The Morgan fingerprint density at radius 3 is 2.45 bits per heavy atom. The van der Waals surface area contributed by atoms with Gasteiger partial charge in [-0.2, -0.15) is 5.10 Å². The summed E-state index contributed by atoms with van der Waals surface area (Å²) < 4.78 is 10.2. The number of nitrogens with zero attached hydrogens (tertiary/aromatic N) is 2. The number of amides is 1. The quantitative estimate of drug-likeness (QED) is 0.196. The fourth-order valence-electron chi connectivity index (χ4n) is 3.24. The second-order valence-electron chi connectivity index (χ2n) is 7.30. The predicted molar refractivity (Wildman–Crippen MR) is 125 cm³/mol. The minimum Gasteiger partial charge on any atom is -0.497 e. The highest BCUT2D eigenvalue weighted by Gasteiger charge is 2.09. The molecule has 8 heteroatoms. The van der Waals surface area contributed by atoms with E-state index in [4.69, 9.17) is 9.47 Å². The number of hydrogen-bond acceptors (Lipinski definition) is 6. The van der Waals surface area contributed by atoms with Crippen LogP contribution in [0, 0.1) is 0 Å². The van der Waals surface area contributed by atoms with Crippen LogP contribution in [-0.4, -0.2) is 35.2 Å². The molecule has 0 atom stereocenters. The number of hydrogen-bond donors (Lipinski definition) is 2. The number of fused-ring (bicyclic) bond motifs is 1. The maximum Gasteiger partial charge on any atom is 0.308 e. The molecule has 4 aromatic rings. The van der Waals surface area contributed by atoms with Crippen molar-refractivity contribution in [2.45, 2.75) is 13.3 Å². The van der Waals surface area contributed by atoms with Gasteiger partial charge >= 0.3 is 5.97 Å². The number of aromatic nitrogens is 2. The molecule has 0 fully saturated rings. The summed E-state index contributed by atoms with van der Waals surface area (Å²) in [6.07, 6.45) is 2.15. The van der Waals surface area contributed by atoms with E-state index in [1.54, 1.807) is 49.6 Å². The zero-order valence-corrected chi connectivity index (χ0v) is 18.2. The van der Waals surface area contributed by atoms with Gasteiger partial charge in [0.15, 0.2) is 0 Å². The predicted octanol–water partition coefficient (Wildman–Crippen LogP) is 3.85. The van der Waals surface area contributed by atoms with Crippen LogP contribution in [-0.2, 0) is 11.2 Å². The molecule has 33 heavy (non-hydrogen) atoms. The highest BCUT2D eigenvalue weighted by atomic mass is 16.5. The van der Waals surface area contributed by atoms with E-state index < -0.39 is 0 Å².